The standard InChI is InChI=1S/C27H22N6O4/c1-4-32-10-9-28-25(32)15-5-7-17-19(13-30(2)21(17)11-15)23-24(27(35)29-26(23)34)20-14-31(3)22-12-16(33(36)37)6-8-18(20)22/h5-14H,4H2,1-3H3,(H,29,34,35). The zero-order chi connectivity index (χ0) is 26.0. The van der Waals surface area contributed by atoms with Gasteiger partial charge in [-0.15, -0.1) is 0 Å². The summed E-state index contributed by atoms with van der Waals surface area (Å²) < 4.78 is 5.71. The number of nitro benzene ring substituents is 1. The summed E-state index contributed by atoms with van der Waals surface area (Å²) in [5.41, 5.74) is 4.11. The number of rotatable bonds is 5. The van der Waals surface area contributed by atoms with Crippen molar-refractivity contribution in [1.29, 1.82) is 0 Å². The van der Waals surface area contributed by atoms with Crippen molar-refractivity contribution in [2.45, 2.75) is 13.5 Å². The maximum absolute atomic E-state index is 13.1. The van der Waals surface area contributed by atoms with Crippen molar-refractivity contribution in [3.8, 4) is 11.4 Å². The monoisotopic (exact) mass is 494 g/mol. The minimum absolute atomic E-state index is 0.0463. The Morgan fingerprint density at radius 2 is 1.51 bits per heavy atom. The van der Waals surface area contributed by atoms with Crippen molar-refractivity contribution in [3.63, 3.8) is 0 Å². The van der Waals surface area contributed by atoms with Crippen molar-refractivity contribution in [1.82, 2.24) is 24.0 Å². The van der Waals surface area contributed by atoms with Gasteiger partial charge in [-0.25, -0.2) is 4.98 Å². The number of aryl methyl sites for hydroxylation is 3. The van der Waals surface area contributed by atoms with Crippen molar-refractivity contribution in [2.24, 2.45) is 14.1 Å². The molecule has 0 aliphatic carbocycles. The number of fused-ring (bicyclic) bond motifs is 2. The maximum Gasteiger partial charge on any atom is 0.271 e. The molecule has 1 aliphatic rings. The van der Waals surface area contributed by atoms with Gasteiger partial charge < -0.3 is 13.7 Å². The van der Waals surface area contributed by atoms with E-state index in [1.165, 1.54) is 12.1 Å². The number of carbonyl (C=O) groups is 2. The van der Waals surface area contributed by atoms with Crippen molar-refractivity contribution < 1.29 is 14.5 Å². The number of hydrogen-bond donors (Lipinski definition) is 1. The van der Waals surface area contributed by atoms with E-state index in [9.17, 15) is 19.7 Å². The van der Waals surface area contributed by atoms with Crippen LogP contribution in [0, 0.1) is 10.1 Å². The summed E-state index contributed by atoms with van der Waals surface area (Å²) in [5.74, 6) is -0.118. The Morgan fingerprint density at radius 1 is 0.919 bits per heavy atom. The Morgan fingerprint density at radius 3 is 2.11 bits per heavy atom. The van der Waals surface area contributed by atoms with Crippen molar-refractivity contribution in [3.05, 3.63) is 82.4 Å². The summed E-state index contributed by atoms with van der Waals surface area (Å²) in [5, 5.41) is 15.2. The van der Waals surface area contributed by atoms with E-state index in [4.69, 9.17) is 0 Å². The Hall–Kier alpha value is -4.99. The SMILES string of the molecule is CCn1ccnc1-c1ccc2c(C3=C(c4cn(C)c5cc([N+](=O)[O-])ccc45)C(=O)NC3=O)cn(C)c2c1. The number of nitro groups is 1. The number of nitrogens with one attached hydrogen (secondary N) is 1. The Labute approximate surface area is 210 Å². The van der Waals surface area contributed by atoms with Gasteiger partial charge in [0.25, 0.3) is 17.5 Å². The van der Waals surface area contributed by atoms with E-state index in [-0.39, 0.29) is 16.8 Å². The van der Waals surface area contributed by atoms with E-state index < -0.39 is 16.7 Å². The fraction of sp³-hybridized carbons (Fsp3) is 0.148. The second-order valence-electron chi connectivity index (χ2n) is 9.07. The predicted molar refractivity (Wildman–Crippen MR) is 139 cm³/mol. The third kappa shape index (κ3) is 3.29. The highest BCUT2D eigenvalue weighted by molar-refractivity contribution is 6.50. The number of imidazole rings is 1. The number of hydrogen-bond acceptors (Lipinski definition) is 5. The lowest BCUT2D eigenvalue weighted by Crippen LogP contribution is -2.22. The van der Waals surface area contributed by atoms with Crippen molar-refractivity contribution >= 4 is 50.5 Å². The molecule has 184 valence electrons. The van der Waals surface area contributed by atoms with Gasteiger partial charge in [-0.2, -0.15) is 0 Å². The van der Waals surface area contributed by atoms with Crippen LogP contribution in [0.1, 0.15) is 18.1 Å². The van der Waals surface area contributed by atoms with Gasteiger partial charge >= 0.3 is 0 Å². The third-order valence-electron chi connectivity index (χ3n) is 6.96. The number of imide groups is 1. The molecule has 1 N–H and O–H groups in total. The van der Waals surface area contributed by atoms with E-state index in [0.717, 1.165) is 28.8 Å². The first-order valence-corrected chi connectivity index (χ1v) is 11.7. The first-order valence-electron chi connectivity index (χ1n) is 11.7. The molecule has 0 saturated carbocycles. The van der Waals surface area contributed by atoms with E-state index in [1.54, 1.807) is 30.1 Å². The number of carbonyl (C=O) groups excluding carboxylic acids is 2. The maximum atomic E-state index is 13.1. The summed E-state index contributed by atoms with van der Waals surface area (Å²) in [6.45, 7) is 2.85. The summed E-state index contributed by atoms with van der Waals surface area (Å²) in [4.78, 5) is 41.5. The second kappa shape index (κ2) is 8.02. The molecule has 3 aromatic heterocycles. The van der Waals surface area contributed by atoms with E-state index in [1.807, 2.05) is 42.2 Å². The number of nitrogens with zero attached hydrogens (tertiary/aromatic N) is 5. The molecule has 2 aromatic carbocycles. The van der Waals surface area contributed by atoms with Gasteiger partial charge in [-0.3, -0.25) is 25.0 Å². The molecular formula is C27H22N6O4. The molecule has 6 rings (SSSR count). The van der Waals surface area contributed by atoms with Crippen LogP contribution in [0.3, 0.4) is 0 Å². The van der Waals surface area contributed by atoms with Gasteiger partial charge in [0.1, 0.15) is 5.82 Å². The zero-order valence-electron chi connectivity index (χ0n) is 20.3. The molecule has 0 fully saturated rings. The highest BCUT2D eigenvalue weighted by Gasteiger charge is 2.35. The minimum Gasteiger partial charge on any atom is -0.350 e. The Balaban J connectivity index is 1.57. The van der Waals surface area contributed by atoms with Crippen LogP contribution >= 0.6 is 0 Å². The zero-order valence-corrected chi connectivity index (χ0v) is 20.3. The summed E-state index contributed by atoms with van der Waals surface area (Å²) >= 11 is 0. The largest absolute Gasteiger partial charge is 0.350 e. The topological polar surface area (TPSA) is 117 Å². The highest BCUT2D eigenvalue weighted by Crippen LogP contribution is 2.39. The van der Waals surface area contributed by atoms with Gasteiger partial charge in [-0.05, 0) is 19.1 Å². The van der Waals surface area contributed by atoms with E-state index >= 15 is 0 Å². The Bertz CT molecular complexity index is 1830. The molecule has 2 amide bonds. The molecule has 10 nitrogen and oxygen atoms in total. The van der Waals surface area contributed by atoms with Gasteiger partial charge in [-0.1, -0.05) is 12.1 Å². The highest BCUT2D eigenvalue weighted by atomic mass is 16.6. The molecule has 37 heavy (non-hydrogen) atoms. The van der Waals surface area contributed by atoms with E-state index in [2.05, 4.69) is 21.8 Å². The Kier molecular flexibility index (Phi) is 4.87. The molecule has 0 radical (unpaired) electrons. The van der Waals surface area contributed by atoms with Crippen molar-refractivity contribution in [2.75, 3.05) is 0 Å². The van der Waals surface area contributed by atoms with Crippen LogP contribution in [0.4, 0.5) is 5.69 Å². The first kappa shape index (κ1) is 22.5. The predicted octanol–water partition coefficient (Wildman–Crippen LogP) is 4.03. The minimum atomic E-state index is -0.496. The number of aromatic nitrogens is 4. The number of non-ortho nitro benzene ring substituents is 1. The average molecular weight is 495 g/mol. The van der Waals surface area contributed by atoms with Crippen LogP contribution in [0.25, 0.3) is 44.3 Å². The van der Waals surface area contributed by atoms with Gasteiger partial charge in [0.2, 0.25) is 0 Å². The quantitative estimate of drug-likeness (QED) is 0.225. The fourth-order valence-corrected chi connectivity index (χ4v) is 5.20. The molecule has 4 heterocycles. The summed E-state index contributed by atoms with van der Waals surface area (Å²) in [6, 6.07) is 10.4. The van der Waals surface area contributed by atoms with Crippen LogP contribution in [0.2, 0.25) is 0 Å². The third-order valence-corrected chi connectivity index (χ3v) is 6.96. The van der Waals surface area contributed by atoms with Gasteiger partial charge in [0.05, 0.1) is 21.6 Å². The molecule has 0 saturated heterocycles. The normalized spacial score (nSPS) is 13.8. The molecular weight excluding hydrogens is 472 g/mol. The van der Waals surface area contributed by atoms with Crippen LogP contribution in [-0.4, -0.2) is 35.4 Å². The van der Waals surface area contributed by atoms with Crippen LogP contribution in [-0.2, 0) is 30.2 Å². The summed E-state index contributed by atoms with van der Waals surface area (Å²) in [6.07, 6.45) is 7.28. The molecule has 5 aromatic rings. The number of amides is 2. The van der Waals surface area contributed by atoms with Gasteiger partial charge in [0.15, 0.2) is 0 Å². The molecule has 10 heteroatoms. The molecule has 0 bridgehead atoms. The van der Waals surface area contributed by atoms with Crippen LogP contribution < -0.4 is 5.32 Å². The molecule has 1 aliphatic heterocycles. The second-order valence-corrected chi connectivity index (χ2v) is 9.07. The molecule has 0 atom stereocenters. The van der Waals surface area contributed by atoms with E-state index in [0.29, 0.717) is 22.0 Å². The molecule has 0 unspecified atom stereocenters. The van der Waals surface area contributed by atoms with Gasteiger partial charge in [0, 0.05) is 90.5 Å². The number of benzene rings is 2. The lowest BCUT2D eigenvalue weighted by molar-refractivity contribution is -0.384. The van der Waals surface area contributed by atoms with Crippen LogP contribution in [0.5, 0.6) is 0 Å². The first-order chi connectivity index (χ1) is 17.8. The average Bonchev–Trinajstić information content (AvgIpc) is 3.63. The van der Waals surface area contributed by atoms with Crippen LogP contribution in [0.15, 0.2) is 61.2 Å². The lowest BCUT2D eigenvalue weighted by Gasteiger charge is -2.06. The summed E-state index contributed by atoms with van der Waals surface area (Å²) in [7, 11) is 3.65. The molecule has 0 spiro atoms. The smallest absolute Gasteiger partial charge is 0.271 e. The lowest BCUT2D eigenvalue weighted by atomic mass is 9.95. The fourth-order valence-electron chi connectivity index (χ4n) is 5.20.